The maximum Gasteiger partial charge on any atom is 0.219 e. The average Bonchev–Trinajstić information content (AvgIpc) is 3.38. The molecule has 0 bridgehead atoms. The van der Waals surface area contributed by atoms with E-state index < -0.39 is 0 Å². The van der Waals surface area contributed by atoms with E-state index in [0.29, 0.717) is 12.3 Å². The first-order chi connectivity index (χ1) is 12.7. The molecule has 4 N–H and O–H groups in total. The van der Waals surface area contributed by atoms with Gasteiger partial charge in [-0.1, -0.05) is 12.8 Å². The summed E-state index contributed by atoms with van der Waals surface area (Å²) in [5.74, 6) is 0.872. The average molecular weight is 353 g/mol. The number of nitrogens with two attached hydrogens (primary N) is 1. The zero-order valence-electron chi connectivity index (χ0n) is 14.8. The zero-order chi connectivity index (χ0) is 18.1. The Morgan fingerprint density at radius 2 is 2.23 bits per heavy atom. The van der Waals surface area contributed by atoms with Gasteiger partial charge in [-0.3, -0.25) is 9.48 Å². The summed E-state index contributed by atoms with van der Waals surface area (Å²) in [5, 5.41) is 8.81. The maximum absolute atomic E-state index is 11.7. The van der Waals surface area contributed by atoms with Crippen LogP contribution in [0.5, 0.6) is 0 Å². The first-order valence-corrected chi connectivity index (χ1v) is 9.01. The van der Waals surface area contributed by atoms with Crippen molar-refractivity contribution in [1.29, 1.82) is 0 Å². The number of carbonyl (C=O) groups is 1. The van der Waals surface area contributed by atoms with Gasteiger partial charge in [-0.2, -0.15) is 5.10 Å². The fraction of sp³-hybridized carbons (Fsp3) is 0.444. The molecule has 0 radical (unpaired) electrons. The molecule has 1 atom stereocenters. The van der Waals surface area contributed by atoms with Gasteiger partial charge in [-0.15, -0.1) is 0 Å². The standard InChI is InChI=1S/C18H23N7O/c1-20-17-13(16-12-6-7-21-18(12)23-10-22-16)9-25(24-17)14(8-15(19)26)11-4-2-3-5-11/h6-7,9-11,14H,2-5,8H2,1H3,(H2,19,26)(H,20,24)(H,21,22,23). The highest BCUT2D eigenvalue weighted by molar-refractivity contribution is 5.93. The van der Waals surface area contributed by atoms with E-state index in [1.165, 1.54) is 12.8 Å². The number of hydrogen-bond donors (Lipinski definition) is 3. The van der Waals surface area contributed by atoms with Crippen LogP contribution in [0, 0.1) is 5.92 Å². The lowest BCUT2D eigenvalue weighted by molar-refractivity contribution is -0.119. The van der Waals surface area contributed by atoms with Gasteiger partial charge in [0.25, 0.3) is 0 Å². The molecule has 8 nitrogen and oxygen atoms in total. The first kappa shape index (κ1) is 16.6. The highest BCUT2D eigenvalue weighted by Gasteiger charge is 2.29. The zero-order valence-corrected chi connectivity index (χ0v) is 14.8. The summed E-state index contributed by atoms with van der Waals surface area (Å²) in [6.07, 6.45) is 10.3. The molecule has 3 aromatic rings. The molecule has 0 spiro atoms. The van der Waals surface area contributed by atoms with E-state index in [1.807, 2.05) is 30.2 Å². The minimum Gasteiger partial charge on any atom is -0.371 e. The number of H-pyrrole nitrogens is 1. The number of amides is 1. The second-order valence-corrected chi connectivity index (χ2v) is 6.87. The van der Waals surface area contributed by atoms with Crippen LogP contribution in [0.15, 0.2) is 24.8 Å². The summed E-state index contributed by atoms with van der Waals surface area (Å²) in [6.45, 7) is 0. The Kier molecular flexibility index (Phi) is 4.32. The number of hydrogen-bond acceptors (Lipinski definition) is 5. The molecule has 4 rings (SSSR count). The minimum atomic E-state index is -0.292. The SMILES string of the molecule is CNc1nn(C(CC(N)=O)C2CCCC2)cc1-c1ncnc2[nH]ccc12. The number of primary amides is 1. The van der Waals surface area contributed by atoms with Crippen molar-refractivity contribution in [3.05, 3.63) is 24.8 Å². The van der Waals surface area contributed by atoms with Gasteiger partial charge in [0.15, 0.2) is 5.82 Å². The molecule has 8 heteroatoms. The number of carbonyl (C=O) groups excluding carboxylic acids is 1. The monoisotopic (exact) mass is 353 g/mol. The van der Waals surface area contributed by atoms with Crippen molar-refractivity contribution in [2.45, 2.75) is 38.1 Å². The van der Waals surface area contributed by atoms with Gasteiger partial charge in [0.1, 0.15) is 12.0 Å². The summed E-state index contributed by atoms with van der Waals surface area (Å²) < 4.78 is 1.91. The highest BCUT2D eigenvalue weighted by Crippen LogP contribution is 2.38. The quantitative estimate of drug-likeness (QED) is 0.630. The Hall–Kier alpha value is -2.90. The van der Waals surface area contributed by atoms with Crippen LogP contribution in [-0.2, 0) is 4.79 Å². The number of aromatic amines is 1. The van der Waals surface area contributed by atoms with Crippen molar-refractivity contribution in [3.8, 4) is 11.3 Å². The molecule has 1 amide bonds. The molecule has 1 aliphatic carbocycles. The van der Waals surface area contributed by atoms with Crippen LogP contribution in [0.3, 0.4) is 0 Å². The molecule has 1 unspecified atom stereocenters. The lowest BCUT2D eigenvalue weighted by atomic mass is 9.95. The molecule has 1 aliphatic rings. The molecular weight excluding hydrogens is 330 g/mol. The summed E-state index contributed by atoms with van der Waals surface area (Å²) in [5.41, 5.74) is 8.02. The molecule has 136 valence electrons. The number of aromatic nitrogens is 5. The van der Waals surface area contributed by atoms with Crippen LogP contribution in [0.25, 0.3) is 22.3 Å². The Bertz CT molecular complexity index is 923. The summed E-state index contributed by atoms with van der Waals surface area (Å²) >= 11 is 0. The third-order valence-corrected chi connectivity index (χ3v) is 5.27. The third-order valence-electron chi connectivity index (χ3n) is 5.27. The van der Waals surface area contributed by atoms with Crippen molar-refractivity contribution in [1.82, 2.24) is 24.7 Å². The molecule has 1 fully saturated rings. The van der Waals surface area contributed by atoms with Crippen LogP contribution < -0.4 is 11.1 Å². The van der Waals surface area contributed by atoms with Crippen LogP contribution in [0.1, 0.15) is 38.1 Å². The van der Waals surface area contributed by atoms with Crippen LogP contribution in [0.4, 0.5) is 5.82 Å². The van der Waals surface area contributed by atoms with E-state index in [1.54, 1.807) is 6.33 Å². The Balaban J connectivity index is 1.78. The number of nitrogens with zero attached hydrogens (tertiary/aromatic N) is 4. The molecule has 1 saturated carbocycles. The Labute approximate surface area is 151 Å². The van der Waals surface area contributed by atoms with Gasteiger partial charge in [-0.05, 0) is 24.8 Å². The van der Waals surface area contributed by atoms with Gasteiger partial charge >= 0.3 is 0 Å². The summed E-state index contributed by atoms with van der Waals surface area (Å²) in [4.78, 5) is 23.5. The smallest absolute Gasteiger partial charge is 0.219 e. The van der Waals surface area contributed by atoms with Crippen molar-refractivity contribution in [2.24, 2.45) is 11.7 Å². The van der Waals surface area contributed by atoms with E-state index >= 15 is 0 Å². The lowest BCUT2D eigenvalue weighted by Gasteiger charge is -2.22. The fourth-order valence-electron chi connectivity index (χ4n) is 4.03. The van der Waals surface area contributed by atoms with Gasteiger partial charge in [0.05, 0.1) is 17.3 Å². The number of rotatable bonds is 6. The molecule has 26 heavy (non-hydrogen) atoms. The van der Waals surface area contributed by atoms with Crippen molar-refractivity contribution >= 4 is 22.8 Å². The van der Waals surface area contributed by atoms with Crippen LogP contribution >= 0.6 is 0 Å². The van der Waals surface area contributed by atoms with Crippen molar-refractivity contribution in [2.75, 3.05) is 12.4 Å². The summed E-state index contributed by atoms with van der Waals surface area (Å²) in [7, 11) is 1.84. The molecule has 3 heterocycles. The van der Waals surface area contributed by atoms with Crippen LogP contribution in [-0.4, -0.2) is 37.7 Å². The van der Waals surface area contributed by atoms with Crippen molar-refractivity contribution < 1.29 is 4.79 Å². The number of anilines is 1. The van der Waals surface area contributed by atoms with E-state index in [2.05, 4.69) is 20.3 Å². The second kappa shape index (κ2) is 6.78. The predicted molar refractivity (Wildman–Crippen MR) is 99.5 cm³/mol. The van der Waals surface area contributed by atoms with Crippen LogP contribution in [0.2, 0.25) is 0 Å². The minimum absolute atomic E-state index is 0.0144. The van der Waals surface area contributed by atoms with E-state index in [4.69, 9.17) is 10.8 Å². The first-order valence-electron chi connectivity index (χ1n) is 9.01. The molecule has 0 saturated heterocycles. The van der Waals surface area contributed by atoms with Gasteiger partial charge in [0, 0.05) is 31.2 Å². The second-order valence-electron chi connectivity index (χ2n) is 6.87. The van der Waals surface area contributed by atoms with Gasteiger partial charge < -0.3 is 16.0 Å². The van der Waals surface area contributed by atoms with E-state index in [-0.39, 0.29) is 11.9 Å². The fourth-order valence-corrected chi connectivity index (χ4v) is 4.03. The largest absolute Gasteiger partial charge is 0.371 e. The maximum atomic E-state index is 11.7. The Morgan fingerprint density at radius 3 is 2.96 bits per heavy atom. The normalized spacial score (nSPS) is 16.2. The van der Waals surface area contributed by atoms with E-state index in [0.717, 1.165) is 41.0 Å². The lowest BCUT2D eigenvalue weighted by Crippen LogP contribution is -2.25. The molecule has 3 aromatic heterocycles. The summed E-state index contributed by atoms with van der Waals surface area (Å²) in [6, 6.07) is 1.94. The van der Waals surface area contributed by atoms with Crippen molar-refractivity contribution in [3.63, 3.8) is 0 Å². The molecular formula is C18H23N7O. The van der Waals surface area contributed by atoms with Gasteiger partial charge in [-0.25, -0.2) is 9.97 Å². The van der Waals surface area contributed by atoms with E-state index in [9.17, 15) is 4.79 Å². The predicted octanol–water partition coefficient (Wildman–Crippen LogP) is 2.47. The Morgan fingerprint density at radius 1 is 1.42 bits per heavy atom. The molecule has 0 aliphatic heterocycles. The number of nitrogens with one attached hydrogen (secondary N) is 2. The number of fused-ring (bicyclic) bond motifs is 1. The molecule has 0 aromatic carbocycles. The van der Waals surface area contributed by atoms with Gasteiger partial charge in [0.2, 0.25) is 5.91 Å². The topological polar surface area (TPSA) is 115 Å². The highest BCUT2D eigenvalue weighted by atomic mass is 16.1. The third kappa shape index (κ3) is 2.91.